The van der Waals surface area contributed by atoms with E-state index in [4.69, 9.17) is 9.52 Å². The number of furan rings is 1. The summed E-state index contributed by atoms with van der Waals surface area (Å²) in [4.78, 5) is 10.8. The third-order valence-electron chi connectivity index (χ3n) is 3.65. The van der Waals surface area contributed by atoms with Crippen LogP contribution in [0.1, 0.15) is 49.6 Å². The minimum Gasteiger partial charge on any atom is -0.475 e. The van der Waals surface area contributed by atoms with Gasteiger partial charge in [0.25, 0.3) is 10.0 Å². The quantitative estimate of drug-likeness (QED) is 0.901. The Morgan fingerprint density at radius 3 is 2.50 bits per heavy atom. The van der Waals surface area contributed by atoms with Crippen molar-refractivity contribution in [1.29, 1.82) is 0 Å². The molecule has 0 radical (unpaired) electrons. The number of hydrogen-bond donors (Lipinski definition) is 1. The van der Waals surface area contributed by atoms with E-state index >= 15 is 0 Å². The van der Waals surface area contributed by atoms with Crippen molar-refractivity contribution in [3.63, 3.8) is 0 Å². The second kappa shape index (κ2) is 5.97. The van der Waals surface area contributed by atoms with Crippen LogP contribution in [0.5, 0.6) is 0 Å². The lowest BCUT2D eigenvalue weighted by atomic mass is 9.95. The number of aromatic carboxylic acids is 1. The third-order valence-corrected chi connectivity index (χ3v) is 5.55. The van der Waals surface area contributed by atoms with Gasteiger partial charge in [-0.05, 0) is 25.0 Å². The molecule has 6 nitrogen and oxygen atoms in total. The summed E-state index contributed by atoms with van der Waals surface area (Å²) >= 11 is 0. The maximum Gasteiger partial charge on any atom is 0.371 e. The van der Waals surface area contributed by atoms with Gasteiger partial charge in [-0.25, -0.2) is 13.2 Å². The zero-order chi connectivity index (χ0) is 14.8. The molecule has 0 bridgehead atoms. The zero-order valence-corrected chi connectivity index (χ0v) is 12.2. The van der Waals surface area contributed by atoms with Crippen LogP contribution in [0.4, 0.5) is 0 Å². The summed E-state index contributed by atoms with van der Waals surface area (Å²) in [6, 6.07) is 2.37. The number of sulfonamides is 1. The highest BCUT2D eigenvalue weighted by atomic mass is 32.2. The maximum absolute atomic E-state index is 12.5. The number of carbonyl (C=O) groups is 1. The number of carboxylic acid groups (broad SMARTS) is 1. The fraction of sp³-hybridized carbons (Fsp3) is 0.615. The minimum absolute atomic E-state index is 0.0165. The zero-order valence-electron chi connectivity index (χ0n) is 11.4. The van der Waals surface area contributed by atoms with E-state index in [-0.39, 0.29) is 16.9 Å². The Morgan fingerprint density at radius 2 is 2.00 bits per heavy atom. The third kappa shape index (κ3) is 2.88. The van der Waals surface area contributed by atoms with Gasteiger partial charge in [0.2, 0.25) is 10.9 Å². The van der Waals surface area contributed by atoms with Crippen molar-refractivity contribution in [1.82, 2.24) is 4.31 Å². The molecule has 0 saturated heterocycles. The van der Waals surface area contributed by atoms with E-state index in [1.165, 1.54) is 16.4 Å². The van der Waals surface area contributed by atoms with Gasteiger partial charge >= 0.3 is 5.97 Å². The van der Waals surface area contributed by atoms with Crippen molar-refractivity contribution in [3.05, 3.63) is 17.9 Å². The molecule has 0 aromatic carbocycles. The fourth-order valence-corrected chi connectivity index (χ4v) is 4.29. The van der Waals surface area contributed by atoms with Gasteiger partial charge in [0.1, 0.15) is 0 Å². The summed E-state index contributed by atoms with van der Waals surface area (Å²) in [7, 11) is -3.76. The van der Waals surface area contributed by atoms with E-state index in [1.807, 2.05) is 0 Å². The van der Waals surface area contributed by atoms with E-state index in [2.05, 4.69) is 0 Å². The van der Waals surface area contributed by atoms with Gasteiger partial charge in [-0.15, -0.1) is 0 Å². The van der Waals surface area contributed by atoms with E-state index in [0.29, 0.717) is 6.54 Å². The summed E-state index contributed by atoms with van der Waals surface area (Å²) < 4.78 is 31.5. The Hall–Kier alpha value is -1.34. The Morgan fingerprint density at radius 1 is 1.35 bits per heavy atom. The molecule has 0 atom stereocenters. The molecule has 20 heavy (non-hydrogen) atoms. The predicted octanol–water partition coefficient (Wildman–Crippen LogP) is 2.32. The molecule has 1 aliphatic rings. The molecular weight excluding hydrogens is 282 g/mol. The lowest BCUT2D eigenvalue weighted by Gasteiger charge is -2.31. The first-order valence-electron chi connectivity index (χ1n) is 6.81. The summed E-state index contributed by atoms with van der Waals surface area (Å²) in [5.41, 5.74) is 0. The van der Waals surface area contributed by atoms with Gasteiger partial charge in [0.15, 0.2) is 0 Å². The normalized spacial score (nSPS) is 17.5. The number of rotatable bonds is 5. The molecule has 1 fully saturated rings. The smallest absolute Gasteiger partial charge is 0.371 e. The molecule has 0 aliphatic heterocycles. The molecule has 1 saturated carbocycles. The molecule has 1 aromatic heterocycles. The molecule has 1 aromatic rings. The van der Waals surface area contributed by atoms with Crippen LogP contribution in [0.2, 0.25) is 0 Å². The molecule has 1 aliphatic carbocycles. The van der Waals surface area contributed by atoms with Gasteiger partial charge in [0.05, 0.1) is 0 Å². The summed E-state index contributed by atoms with van der Waals surface area (Å²) in [5, 5.41) is 8.52. The highest BCUT2D eigenvalue weighted by Crippen LogP contribution is 2.28. The van der Waals surface area contributed by atoms with E-state index in [9.17, 15) is 13.2 Å². The van der Waals surface area contributed by atoms with Gasteiger partial charge in [-0.3, -0.25) is 0 Å². The SMILES string of the molecule is CCN(C1CCCCC1)S(=O)(=O)c1ccc(C(=O)O)o1. The van der Waals surface area contributed by atoms with Crippen molar-refractivity contribution in [3.8, 4) is 0 Å². The first-order valence-corrected chi connectivity index (χ1v) is 8.25. The van der Waals surface area contributed by atoms with E-state index in [1.54, 1.807) is 6.92 Å². The molecule has 0 amide bonds. The average molecular weight is 301 g/mol. The second-order valence-corrected chi connectivity index (χ2v) is 6.75. The molecule has 0 spiro atoms. The molecular formula is C13H19NO5S. The van der Waals surface area contributed by atoms with Crippen LogP contribution in [0.3, 0.4) is 0 Å². The first kappa shape index (κ1) is 15.1. The van der Waals surface area contributed by atoms with Gasteiger partial charge in [-0.1, -0.05) is 26.2 Å². The van der Waals surface area contributed by atoms with Crippen molar-refractivity contribution in [2.75, 3.05) is 6.54 Å². The summed E-state index contributed by atoms with van der Waals surface area (Å²) in [6.45, 7) is 2.14. The highest BCUT2D eigenvalue weighted by molar-refractivity contribution is 7.89. The van der Waals surface area contributed by atoms with Crippen LogP contribution < -0.4 is 0 Å². The lowest BCUT2D eigenvalue weighted by molar-refractivity contribution is 0.0656. The Balaban J connectivity index is 2.28. The Labute approximate surface area is 118 Å². The highest BCUT2D eigenvalue weighted by Gasteiger charge is 2.33. The molecule has 0 unspecified atom stereocenters. The van der Waals surface area contributed by atoms with Gasteiger partial charge < -0.3 is 9.52 Å². The number of hydrogen-bond acceptors (Lipinski definition) is 4. The van der Waals surface area contributed by atoms with Crippen molar-refractivity contribution in [2.24, 2.45) is 0 Å². The molecule has 7 heteroatoms. The first-order chi connectivity index (χ1) is 9.46. The van der Waals surface area contributed by atoms with Gasteiger partial charge in [-0.2, -0.15) is 4.31 Å². The molecule has 112 valence electrons. The van der Waals surface area contributed by atoms with Crippen LogP contribution in [0.15, 0.2) is 21.6 Å². The van der Waals surface area contributed by atoms with Crippen LogP contribution in [0, 0.1) is 0 Å². The lowest BCUT2D eigenvalue weighted by Crippen LogP contribution is -2.41. The van der Waals surface area contributed by atoms with Crippen LogP contribution in [-0.2, 0) is 10.0 Å². The van der Waals surface area contributed by atoms with Crippen molar-refractivity contribution >= 4 is 16.0 Å². The Kier molecular flexibility index (Phi) is 4.49. The van der Waals surface area contributed by atoms with Crippen LogP contribution in [-0.4, -0.2) is 36.4 Å². The van der Waals surface area contributed by atoms with Gasteiger partial charge in [0, 0.05) is 12.6 Å². The van der Waals surface area contributed by atoms with E-state index < -0.39 is 16.0 Å². The average Bonchev–Trinajstić information content (AvgIpc) is 2.91. The summed E-state index contributed by atoms with van der Waals surface area (Å²) in [5.74, 6) is -1.63. The number of carboxylic acids is 1. The maximum atomic E-state index is 12.5. The fourth-order valence-electron chi connectivity index (χ4n) is 2.68. The summed E-state index contributed by atoms with van der Waals surface area (Å²) in [6.07, 6.45) is 4.88. The van der Waals surface area contributed by atoms with Crippen molar-refractivity contribution < 1.29 is 22.7 Å². The Bertz CT molecular complexity index is 571. The minimum atomic E-state index is -3.76. The predicted molar refractivity (Wildman–Crippen MR) is 72.1 cm³/mol. The van der Waals surface area contributed by atoms with Crippen LogP contribution in [0.25, 0.3) is 0 Å². The molecule has 1 heterocycles. The standard InChI is InChI=1S/C13H19NO5S/c1-2-14(10-6-4-3-5-7-10)20(17,18)12-9-8-11(19-12)13(15)16/h8-10H,2-7H2,1H3,(H,15,16). The number of nitrogens with zero attached hydrogens (tertiary/aromatic N) is 1. The van der Waals surface area contributed by atoms with Crippen molar-refractivity contribution in [2.45, 2.75) is 50.2 Å². The topological polar surface area (TPSA) is 87.8 Å². The molecule has 1 N–H and O–H groups in total. The largest absolute Gasteiger partial charge is 0.475 e. The molecule has 2 rings (SSSR count). The second-order valence-electron chi connectivity index (χ2n) is 4.92. The van der Waals surface area contributed by atoms with Crippen LogP contribution >= 0.6 is 0 Å². The monoisotopic (exact) mass is 301 g/mol. The van der Waals surface area contributed by atoms with E-state index in [0.717, 1.165) is 32.1 Å².